The number of H-pyrrole nitrogens is 2. The molecule has 0 radical (unpaired) electrons. The largest absolute Gasteiger partial charge is 0.481 e. The maximum Gasteiger partial charge on any atom is 0.328 e. The number of aromatic amines is 2. The maximum absolute atomic E-state index is 12.4. The Bertz CT molecular complexity index is 1690. The SMILES string of the molecule is CCC1=C(C)C(Cc2[nH]c(Cc3[nH]c(CC4=NC(=O)C(C)=C4CC)c(C)c3/C=C/C(=O)O)c(CCC(=O)O)c2C)=NC1=O. The van der Waals surface area contributed by atoms with Crippen LogP contribution in [0.4, 0.5) is 0 Å². The van der Waals surface area contributed by atoms with Gasteiger partial charge in [-0.15, -0.1) is 0 Å². The molecule has 2 aromatic rings. The standard InChI is InChI=1S/C33H38N4O6/c1-7-20-19(6)32(42)37-27(20)14-25-18(5)23(10-12-31(40)41)29(35-25)15-28-22(9-11-30(38)39)17(4)24(34-28)13-26-16(3)21(8-2)33(43)36-26/h10,12,34-35H,7-9,11,13-15H2,1-6H3,(H,38,39)(H,40,41)/b12-10+. The smallest absolute Gasteiger partial charge is 0.328 e. The van der Waals surface area contributed by atoms with Gasteiger partial charge in [0, 0.05) is 65.7 Å². The summed E-state index contributed by atoms with van der Waals surface area (Å²) in [7, 11) is 0. The average Bonchev–Trinajstić information content (AvgIpc) is 3.59. The van der Waals surface area contributed by atoms with E-state index < -0.39 is 11.9 Å². The van der Waals surface area contributed by atoms with Crippen molar-refractivity contribution in [3.05, 3.63) is 73.4 Å². The fourth-order valence-electron chi connectivity index (χ4n) is 6.03. The van der Waals surface area contributed by atoms with Crippen LogP contribution in [-0.4, -0.2) is 55.4 Å². The molecule has 10 heteroatoms. The molecule has 0 aliphatic carbocycles. The van der Waals surface area contributed by atoms with Crippen LogP contribution in [0.5, 0.6) is 0 Å². The summed E-state index contributed by atoms with van der Waals surface area (Å²) in [6, 6.07) is 0. The Morgan fingerprint density at radius 1 is 0.744 bits per heavy atom. The zero-order chi connectivity index (χ0) is 31.6. The molecule has 0 bridgehead atoms. The number of amides is 2. The molecule has 0 unspecified atom stereocenters. The molecule has 10 nitrogen and oxygen atoms in total. The third kappa shape index (κ3) is 6.43. The highest BCUT2D eigenvalue weighted by atomic mass is 16.4. The lowest BCUT2D eigenvalue weighted by Crippen LogP contribution is -2.06. The Morgan fingerprint density at radius 3 is 1.95 bits per heavy atom. The molecular formula is C33H38N4O6. The molecule has 0 aromatic carbocycles. The van der Waals surface area contributed by atoms with Gasteiger partial charge in [0.05, 0.1) is 11.4 Å². The van der Waals surface area contributed by atoms with Crippen LogP contribution in [0.15, 0.2) is 38.4 Å². The monoisotopic (exact) mass is 586 g/mol. The molecule has 0 fully saturated rings. The number of nitrogens with zero attached hydrogens (tertiary/aromatic N) is 2. The summed E-state index contributed by atoms with van der Waals surface area (Å²) >= 11 is 0. The van der Waals surface area contributed by atoms with Gasteiger partial charge in [0.1, 0.15) is 0 Å². The molecule has 0 saturated heterocycles. The van der Waals surface area contributed by atoms with Gasteiger partial charge in [0.2, 0.25) is 0 Å². The number of aliphatic imine (C=N–C) groups is 2. The van der Waals surface area contributed by atoms with Crippen LogP contribution in [0.3, 0.4) is 0 Å². The second-order valence-electron chi connectivity index (χ2n) is 11.0. The molecule has 2 amide bonds. The molecule has 226 valence electrons. The van der Waals surface area contributed by atoms with Crippen molar-refractivity contribution in [3.63, 3.8) is 0 Å². The zero-order valence-electron chi connectivity index (χ0n) is 25.5. The summed E-state index contributed by atoms with van der Waals surface area (Å²) in [5, 5.41) is 18.8. The van der Waals surface area contributed by atoms with Crippen LogP contribution in [0.2, 0.25) is 0 Å². The van der Waals surface area contributed by atoms with Crippen molar-refractivity contribution in [1.82, 2.24) is 9.97 Å². The quantitative estimate of drug-likeness (QED) is 0.237. The predicted octanol–water partition coefficient (Wildman–Crippen LogP) is 5.17. The number of aliphatic carboxylic acids is 2. The molecule has 2 aromatic heterocycles. The van der Waals surface area contributed by atoms with Gasteiger partial charge in [-0.2, -0.15) is 0 Å². The van der Waals surface area contributed by atoms with Gasteiger partial charge in [0.15, 0.2) is 0 Å². The van der Waals surface area contributed by atoms with Crippen molar-refractivity contribution >= 4 is 41.3 Å². The molecule has 2 aliphatic heterocycles. The Kier molecular flexibility index (Phi) is 9.27. The fourth-order valence-corrected chi connectivity index (χ4v) is 6.03. The van der Waals surface area contributed by atoms with Crippen LogP contribution >= 0.6 is 0 Å². The summed E-state index contributed by atoms with van der Waals surface area (Å²) < 4.78 is 0. The van der Waals surface area contributed by atoms with E-state index in [4.69, 9.17) is 0 Å². The fraction of sp³-hybridized carbons (Fsp3) is 0.394. The van der Waals surface area contributed by atoms with Crippen molar-refractivity contribution in [2.24, 2.45) is 9.98 Å². The highest BCUT2D eigenvalue weighted by molar-refractivity contribution is 6.20. The number of nitrogens with one attached hydrogen (secondary N) is 2. The van der Waals surface area contributed by atoms with Gasteiger partial charge in [-0.3, -0.25) is 14.4 Å². The van der Waals surface area contributed by atoms with Crippen LogP contribution < -0.4 is 0 Å². The number of carbonyl (C=O) groups excluding carboxylic acids is 2. The molecule has 4 N–H and O–H groups in total. The molecule has 4 heterocycles. The Hall–Kier alpha value is -4.60. The summed E-state index contributed by atoms with van der Waals surface area (Å²) in [6.07, 6.45) is 5.35. The number of allylic oxidation sites excluding steroid dienone is 2. The van der Waals surface area contributed by atoms with Crippen molar-refractivity contribution in [3.8, 4) is 0 Å². The van der Waals surface area contributed by atoms with Gasteiger partial charge in [-0.1, -0.05) is 13.8 Å². The summed E-state index contributed by atoms with van der Waals surface area (Å²) in [5.41, 5.74) is 11.2. The van der Waals surface area contributed by atoms with Crippen LogP contribution in [-0.2, 0) is 44.9 Å². The molecule has 0 saturated carbocycles. The van der Waals surface area contributed by atoms with E-state index in [2.05, 4.69) is 20.0 Å². The molecule has 2 aliphatic rings. The molecule has 0 spiro atoms. The number of carbonyl (C=O) groups is 4. The van der Waals surface area contributed by atoms with E-state index in [0.29, 0.717) is 61.1 Å². The first-order valence-corrected chi connectivity index (χ1v) is 14.5. The lowest BCUT2D eigenvalue weighted by atomic mass is 9.97. The Morgan fingerprint density at radius 2 is 1.35 bits per heavy atom. The van der Waals surface area contributed by atoms with E-state index in [1.165, 1.54) is 0 Å². The highest BCUT2D eigenvalue weighted by Crippen LogP contribution is 2.30. The summed E-state index contributed by atoms with van der Waals surface area (Å²) in [6.45, 7) is 11.4. The first kappa shape index (κ1) is 31.3. The van der Waals surface area contributed by atoms with Crippen molar-refractivity contribution in [2.45, 2.75) is 86.5 Å². The van der Waals surface area contributed by atoms with Crippen molar-refractivity contribution in [1.29, 1.82) is 0 Å². The number of hydrogen-bond donors (Lipinski definition) is 4. The molecular weight excluding hydrogens is 548 g/mol. The van der Waals surface area contributed by atoms with Crippen molar-refractivity contribution in [2.75, 3.05) is 0 Å². The minimum absolute atomic E-state index is 0.0520. The number of carboxylic acid groups (broad SMARTS) is 2. The average molecular weight is 587 g/mol. The van der Waals surface area contributed by atoms with Crippen molar-refractivity contribution < 1.29 is 29.4 Å². The van der Waals surface area contributed by atoms with Crippen LogP contribution in [0, 0.1) is 13.8 Å². The zero-order valence-corrected chi connectivity index (χ0v) is 25.5. The normalized spacial score (nSPS) is 15.4. The van der Waals surface area contributed by atoms with Gasteiger partial charge >= 0.3 is 11.9 Å². The maximum atomic E-state index is 12.4. The van der Waals surface area contributed by atoms with E-state index >= 15 is 0 Å². The number of hydrogen-bond acceptors (Lipinski definition) is 4. The Balaban J connectivity index is 1.75. The summed E-state index contributed by atoms with van der Waals surface area (Å²) in [4.78, 5) is 63.1. The van der Waals surface area contributed by atoms with E-state index in [1.54, 1.807) is 13.0 Å². The first-order valence-electron chi connectivity index (χ1n) is 14.5. The van der Waals surface area contributed by atoms with E-state index in [9.17, 15) is 29.4 Å². The Labute approximate surface area is 250 Å². The minimum atomic E-state index is -1.08. The number of aromatic nitrogens is 2. The second-order valence-corrected chi connectivity index (χ2v) is 11.0. The van der Waals surface area contributed by atoms with E-state index in [1.807, 2.05) is 34.6 Å². The van der Waals surface area contributed by atoms with Crippen LogP contribution in [0.25, 0.3) is 6.08 Å². The van der Waals surface area contributed by atoms with E-state index in [-0.39, 0.29) is 18.2 Å². The molecule has 0 atom stereocenters. The highest BCUT2D eigenvalue weighted by Gasteiger charge is 2.27. The topological polar surface area (TPSA) is 165 Å². The van der Waals surface area contributed by atoms with Gasteiger partial charge in [-0.05, 0) is 86.4 Å². The minimum Gasteiger partial charge on any atom is -0.481 e. The van der Waals surface area contributed by atoms with Crippen LogP contribution in [0.1, 0.15) is 92.0 Å². The lowest BCUT2D eigenvalue weighted by Gasteiger charge is -2.06. The van der Waals surface area contributed by atoms with E-state index in [0.717, 1.165) is 62.3 Å². The molecule has 43 heavy (non-hydrogen) atoms. The third-order valence-electron chi connectivity index (χ3n) is 8.52. The predicted molar refractivity (Wildman–Crippen MR) is 165 cm³/mol. The molecule has 4 rings (SSSR count). The van der Waals surface area contributed by atoms with Gasteiger partial charge in [0.25, 0.3) is 11.8 Å². The summed E-state index contributed by atoms with van der Waals surface area (Å²) in [5.74, 6) is -2.42. The van der Waals surface area contributed by atoms with Gasteiger partial charge in [-0.25, -0.2) is 14.8 Å². The third-order valence-corrected chi connectivity index (χ3v) is 8.52. The number of carboxylic acids is 2. The van der Waals surface area contributed by atoms with Gasteiger partial charge < -0.3 is 20.2 Å². The number of rotatable bonds is 13. The first-order chi connectivity index (χ1) is 20.4. The lowest BCUT2D eigenvalue weighted by molar-refractivity contribution is -0.137. The second kappa shape index (κ2) is 12.7.